The molecule has 0 spiro atoms. The fraction of sp³-hybridized carbons (Fsp3) is 0. The third-order valence-electron chi connectivity index (χ3n) is 11.9. The van der Waals surface area contributed by atoms with Crippen LogP contribution in [-0.2, 0) is 0 Å². The molecule has 3 nitrogen and oxygen atoms in total. The van der Waals surface area contributed by atoms with Gasteiger partial charge in [-0.15, -0.1) is 0 Å². The predicted molar refractivity (Wildman–Crippen MR) is 240 cm³/mol. The highest BCUT2D eigenvalue weighted by Crippen LogP contribution is 2.41. The Morgan fingerprint density at radius 3 is 1.26 bits per heavy atom. The zero-order chi connectivity index (χ0) is 37.5. The van der Waals surface area contributed by atoms with Gasteiger partial charge < -0.3 is 13.7 Å². The number of rotatable bonds is 5. The fourth-order valence-corrected chi connectivity index (χ4v) is 9.33. The second-order valence-electron chi connectivity index (χ2n) is 14.9. The van der Waals surface area contributed by atoms with Gasteiger partial charge in [0.25, 0.3) is 0 Å². The number of benzene rings is 9. The van der Waals surface area contributed by atoms with Crippen LogP contribution >= 0.6 is 0 Å². The minimum absolute atomic E-state index is 1.15. The van der Waals surface area contributed by atoms with E-state index in [1.54, 1.807) is 0 Å². The Labute approximate surface area is 329 Å². The highest BCUT2D eigenvalue weighted by molar-refractivity contribution is 6.14. The van der Waals surface area contributed by atoms with Crippen molar-refractivity contribution >= 4 is 65.4 Å². The molecule has 0 N–H and O–H groups in total. The minimum Gasteiger partial charge on any atom is -0.309 e. The summed E-state index contributed by atoms with van der Waals surface area (Å²) in [5.41, 5.74) is 15.5. The summed E-state index contributed by atoms with van der Waals surface area (Å²) < 4.78 is 7.26. The molecule has 266 valence electrons. The molecule has 0 unspecified atom stereocenters. The Kier molecular flexibility index (Phi) is 6.93. The zero-order valence-electron chi connectivity index (χ0n) is 31.0. The van der Waals surface area contributed by atoms with Gasteiger partial charge in [0.05, 0.1) is 38.8 Å². The van der Waals surface area contributed by atoms with Gasteiger partial charge in [-0.05, 0) is 89.5 Å². The first-order valence-electron chi connectivity index (χ1n) is 19.6. The molecule has 0 saturated heterocycles. The van der Waals surface area contributed by atoms with Crippen LogP contribution in [0.5, 0.6) is 0 Å². The van der Waals surface area contributed by atoms with Gasteiger partial charge >= 0.3 is 0 Å². The summed E-state index contributed by atoms with van der Waals surface area (Å²) in [6.45, 7) is 0. The molecule has 12 rings (SSSR count). The van der Waals surface area contributed by atoms with Crippen molar-refractivity contribution in [2.75, 3.05) is 0 Å². The molecule has 0 fully saturated rings. The lowest BCUT2D eigenvalue weighted by molar-refractivity contribution is 1.16. The van der Waals surface area contributed by atoms with Crippen molar-refractivity contribution in [3.63, 3.8) is 0 Å². The standard InChI is InChI=1S/C54H35N3/c1-2-14-36(15-3-1)37-26-29-39(30-27-37)55-49-22-10-8-20-45(49)47-35-40(31-33-54(47)55)56-50-23-11-7-19-44(50)46-34-38(28-32-53(46)56)41-16-4-9-21-48(41)57-51-24-12-5-17-42(51)43-18-6-13-25-52(43)57/h1-35H. The van der Waals surface area contributed by atoms with Crippen molar-refractivity contribution < 1.29 is 0 Å². The normalized spacial score (nSPS) is 11.9. The van der Waals surface area contributed by atoms with Crippen LogP contribution in [0.25, 0.3) is 105 Å². The van der Waals surface area contributed by atoms with Crippen molar-refractivity contribution in [2.45, 2.75) is 0 Å². The van der Waals surface area contributed by atoms with Gasteiger partial charge in [-0.1, -0.05) is 140 Å². The van der Waals surface area contributed by atoms with E-state index in [1.165, 1.54) is 93.4 Å². The molecule has 0 bridgehead atoms. The first-order valence-corrected chi connectivity index (χ1v) is 19.6. The van der Waals surface area contributed by atoms with Gasteiger partial charge in [-0.25, -0.2) is 0 Å². The monoisotopic (exact) mass is 725 g/mol. The number of nitrogens with zero attached hydrogens (tertiary/aromatic N) is 3. The van der Waals surface area contributed by atoms with E-state index in [-0.39, 0.29) is 0 Å². The maximum Gasteiger partial charge on any atom is 0.0542 e. The largest absolute Gasteiger partial charge is 0.309 e. The van der Waals surface area contributed by atoms with Gasteiger partial charge in [-0.3, -0.25) is 0 Å². The molecule has 0 aliphatic heterocycles. The van der Waals surface area contributed by atoms with Gasteiger partial charge in [0.15, 0.2) is 0 Å². The molecule has 9 aromatic carbocycles. The van der Waals surface area contributed by atoms with Gasteiger partial charge in [0, 0.05) is 49.3 Å². The Bertz CT molecular complexity index is 3450. The molecular formula is C54H35N3. The van der Waals surface area contributed by atoms with Gasteiger partial charge in [0.2, 0.25) is 0 Å². The molecule has 3 aromatic heterocycles. The van der Waals surface area contributed by atoms with E-state index in [2.05, 4.69) is 226 Å². The smallest absolute Gasteiger partial charge is 0.0542 e. The maximum absolute atomic E-state index is 2.44. The SMILES string of the molecule is c1ccc(-c2ccc(-n3c4ccccc4c4cc(-n5c6ccccc6c6cc(-c7ccccc7-n7c8ccccc8c8ccccc87)ccc65)ccc43)cc2)cc1. The Morgan fingerprint density at radius 1 is 0.228 bits per heavy atom. The van der Waals surface area contributed by atoms with Crippen LogP contribution in [-0.4, -0.2) is 13.7 Å². The van der Waals surface area contributed by atoms with Crippen LogP contribution in [0.3, 0.4) is 0 Å². The van der Waals surface area contributed by atoms with Crippen molar-refractivity contribution in [2.24, 2.45) is 0 Å². The summed E-state index contributed by atoms with van der Waals surface area (Å²) in [4.78, 5) is 0. The van der Waals surface area contributed by atoms with E-state index in [9.17, 15) is 0 Å². The van der Waals surface area contributed by atoms with E-state index < -0.39 is 0 Å². The van der Waals surface area contributed by atoms with Crippen LogP contribution in [0.2, 0.25) is 0 Å². The summed E-state index contributed by atoms with van der Waals surface area (Å²) in [6, 6.07) is 77.4. The van der Waals surface area contributed by atoms with Crippen LogP contribution in [0.1, 0.15) is 0 Å². The molecule has 0 aliphatic rings. The molecule has 0 saturated carbocycles. The average Bonchev–Trinajstić information content (AvgIpc) is 3.92. The molecule has 0 amide bonds. The molecule has 0 atom stereocenters. The highest BCUT2D eigenvalue weighted by atomic mass is 15.0. The molecular weight excluding hydrogens is 691 g/mol. The van der Waals surface area contributed by atoms with Crippen molar-refractivity contribution in [1.82, 2.24) is 13.7 Å². The highest BCUT2D eigenvalue weighted by Gasteiger charge is 2.19. The van der Waals surface area contributed by atoms with Crippen LogP contribution < -0.4 is 0 Å². The number of hydrogen-bond acceptors (Lipinski definition) is 0. The molecule has 3 heteroatoms. The van der Waals surface area contributed by atoms with Crippen LogP contribution in [0.4, 0.5) is 0 Å². The van der Waals surface area contributed by atoms with Crippen molar-refractivity contribution in [3.05, 3.63) is 212 Å². The van der Waals surface area contributed by atoms with E-state index in [4.69, 9.17) is 0 Å². The summed E-state index contributed by atoms with van der Waals surface area (Å²) in [5.74, 6) is 0. The molecule has 3 heterocycles. The maximum atomic E-state index is 2.44. The molecule has 0 radical (unpaired) electrons. The Morgan fingerprint density at radius 2 is 0.632 bits per heavy atom. The summed E-state index contributed by atoms with van der Waals surface area (Å²) in [5, 5.41) is 7.49. The fourth-order valence-electron chi connectivity index (χ4n) is 9.33. The average molecular weight is 726 g/mol. The molecule has 0 aliphatic carbocycles. The summed E-state index contributed by atoms with van der Waals surface area (Å²) >= 11 is 0. The lowest BCUT2D eigenvalue weighted by Crippen LogP contribution is -1.97. The van der Waals surface area contributed by atoms with E-state index in [0.29, 0.717) is 0 Å². The van der Waals surface area contributed by atoms with Crippen LogP contribution in [0, 0.1) is 0 Å². The first kappa shape index (κ1) is 31.7. The predicted octanol–water partition coefficient (Wildman–Crippen LogP) is 14.3. The van der Waals surface area contributed by atoms with Crippen molar-refractivity contribution in [1.29, 1.82) is 0 Å². The zero-order valence-corrected chi connectivity index (χ0v) is 31.0. The number of fused-ring (bicyclic) bond motifs is 9. The second-order valence-corrected chi connectivity index (χ2v) is 14.9. The van der Waals surface area contributed by atoms with Crippen molar-refractivity contribution in [3.8, 4) is 39.3 Å². The van der Waals surface area contributed by atoms with Gasteiger partial charge in [0.1, 0.15) is 0 Å². The number of aromatic nitrogens is 3. The third kappa shape index (κ3) is 4.79. The lowest BCUT2D eigenvalue weighted by Gasteiger charge is -2.14. The Balaban J connectivity index is 1.02. The number of hydrogen-bond donors (Lipinski definition) is 0. The second kappa shape index (κ2) is 12.5. The van der Waals surface area contributed by atoms with E-state index >= 15 is 0 Å². The summed E-state index contributed by atoms with van der Waals surface area (Å²) in [6.07, 6.45) is 0. The minimum atomic E-state index is 1.15. The van der Waals surface area contributed by atoms with E-state index in [0.717, 1.165) is 11.4 Å². The van der Waals surface area contributed by atoms with E-state index in [1.807, 2.05) is 0 Å². The number of para-hydroxylation sites is 5. The van der Waals surface area contributed by atoms with Gasteiger partial charge in [-0.2, -0.15) is 0 Å². The molecule has 12 aromatic rings. The summed E-state index contributed by atoms with van der Waals surface area (Å²) in [7, 11) is 0. The topological polar surface area (TPSA) is 14.8 Å². The van der Waals surface area contributed by atoms with Crippen LogP contribution in [0.15, 0.2) is 212 Å². The molecule has 57 heavy (non-hydrogen) atoms. The lowest BCUT2D eigenvalue weighted by atomic mass is 10.0. The third-order valence-corrected chi connectivity index (χ3v) is 11.9. The quantitative estimate of drug-likeness (QED) is 0.168. The Hall–Kier alpha value is -7.62. The first-order chi connectivity index (χ1) is 28.3.